The van der Waals surface area contributed by atoms with Crippen molar-refractivity contribution >= 4 is 5.82 Å². The molecular formula is C10H14F3N3O2. The lowest BCUT2D eigenvalue weighted by atomic mass is 9.88. The molecule has 0 spiro atoms. The van der Waals surface area contributed by atoms with E-state index in [4.69, 9.17) is 15.8 Å². The van der Waals surface area contributed by atoms with Gasteiger partial charge in [-0.3, -0.25) is 5.21 Å². The van der Waals surface area contributed by atoms with E-state index >= 15 is 0 Å². The maximum atomic E-state index is 12.9. The lowest BCUT2D eigenvalue weighted by Crippen LogP contribution is -2.38. The zero-order chi connectivity index (χ0) is 14.1. The van der Waals surface area contributed by atoms with Gasteiger partial charge in [-0.2, -0.15) is 18.3 Å². The summed E-state index contributed by atoms with van der Waals surface area (Å²) < 4.78 is 43.4. The van der Waals surface area contributed by atoms with E-state index in [1.807, 2.05) is 0 Å². The average Bonchev–Trinajstić information content (AvgIpc) is 2.26. The number of aromatic nitrogens is 1. The molecule has 0 fully saturated rings. The van der Waals surface area contributed by atoms with Crippen molar-refractivity contribution in [1.29, 1.82) is 0 Å². The fourth-order valence-corrected chi connectivity index (χ4v) is 1.25. The van der Waals surface area contributed by atoms with E-state index in [2.05, 4.69) is 4.98 Å². The molecule has 0 atom stereocenters. The fourth-order valence-electron chi connectivity index (χ4n) is 1.25. The first-order chi connectivity index (χ1) is 8.11. The number of ether oxygens (including phenoxy) is 1. The molecule has 1 aromatic rings. The lowest BCUT2D eigenvalue weighted by molar-refractivity contribution is -0.181. The van der Waals surface area contributed by atoms with Crippen LogP contribution in [0.5, 0.6) is 5.75 Å². The summed E-state index contributed by atoms with van der Waals surface area (Å²) in [7, 11) is 1.29. The fraction of sp³-hybridized carbons (Fsp3) is 0.500. The van der Waals surface area contributed by atoms with Gasteiger partial charge < -0.3 is 4.74 Å². The van der Waals surface area contributed by atoms with Gasteiger partial charge in [-0.25, -0.2) is 10.8 Å². The van der Waals surface area contributed by atoms with Gasteiger partial charge in [-0.15, -0.1) is 0 Å². The van der Waals surface area contributed by atoms with E-state index in [0.29, 0.717) is 0 Å². The molecule has 1 heterocycles. The van der Waals surface area contributed by atoms with Gasteiger partial charge in [0.15, 0.2) is 5.75 Å². The van der Waals surface area contributed by atoms with Gasteiger partial charge in [0.25, 0.3) is 0 Å². The zero-order valence-corrected chi connectivity index (χ0v) is 10.1. The Labute approximate surface area is 102 Å². The number of nitrogens with two attached hydrogens (primary N) is 1. The first-order valence-corrected chi connectivity index (χ1v) is 4.97. The Kier molecular flexibility index (Phi) is 3.72. The van der Waals surface area contributed by atoms with Crippen molar-refractivity contribution < 1.29 is 23.1 Å². The maximum absolute atomic E-state index is 12.9. The SMILES string of the molecule is COc1ccc(C(C)(C)C(F)(F)F)nc1N(N)O. The highest BCUT2D eigenvalue weighted by molar-refractivity contribution is 5.50. The van der Waals surface area contributed by atoms with E-state index in [9.17, 15) is 13.2 Å². The Hall–Kier alpha value is -1.54. The maximum Gasteiger partial charge on any atom is 0.399 e. The molecule has 0 aliphatic rings. The molecule has 3 N–H and O–H groups in total. The average molecular weight is 265 g/mol. The smallest absolute Gasteiger partial charge is 0.399 e. The number of hydrogen-bond donors (Lipinski definition) is 2. The minimum atomic E-state index is -4.47. The van der Waals surface area contributed by atoms with Crippen molar-refractivity contribution in [2.24, 2.45) is 5.84 Å². The summed E-state index contributed by atoms with van der Waals surface area (Å²) in [6, 6.07) is 2.45. The molecule has 0 saturated heterocycles. The molecule has 0 aromatic carbocycles. The summed E-state index contributed by atoms with van der Waals surface area (Å²) >= 11 is 0. The predicted molar refractivity (Wildman–Crippen MR) is 58.3 cm³/mol. The summed E-state index contributed by atoms with van der Waals surface area (Å²) in [5.74, 6) is 4.86. The monoisotopic (exact) mass is 265 g/mol. The normalized spacial score (nSPS) is 12.4. The van der Waals surface area contributed by atoms with Gasteiger partial charge in [0.2, 0.25) is 5.82 Å². The second kappa shape index (κ2) is 4.62. The van der Waals surface area contributed by atoms with E-state index in [0.717, 1.165) is 13.8 Å². The highest BCUT2D eigenvalue weighted by atomic mass is 19.4. The van der Waals surface area contributed by atoms with Crippen LogP contribution in [0.15, 0.2) is 12.1 Å². The number of pyridine rings is 1. The number of hydrogen-bond acceptors (Lipinski definition) is 5. The van der Waals surface area contributed by atoms with Gasteiger partial charge in [0, 0.05) is 0 Å². The quantitative estimate of drug-likeness (QED) is 0.646. The van der Waals surface area contributed by atoms with Crippen molar-refractivity contribution in [1.82, 2.24) is 4.98 Å². The Morgan fingerprint density at radius 3 is 2.28 bits per heavy atom. The van der Waals surface area contributed by atoms with Crippen molar-refractivity contribution in [2.75, 3.05) is 12.3 Å². The first-order valence-electron chi connectivity index (χ1n) is 4.97. The number of anilines is 1. The molecule has 0 bridgehead atoms. The molecule has 8 heteroatoms. The van der Waals surface area contributed by atoms with Gasteiger partial charge in [-0.1, -0.05) is 0 Å². The van der Waals surface area contributed by atoms with Crippen LogP contribution < -0.4 is 15.8 Å². The molecule has 5 nitrogen and oxygen atoms in total. The van der Waals surface area contributed by atoms with Gasteiger partial charge in [0.05, 0.1) is 12.8 Å². The highest BCUT2D eigenvalue weighted by Crippen LogP contribution is 2.40. The predicted octanol–water partition coefficient (Wildman–Crippen LogP) is 2.00. The van der Waals surface area contributed by atoms with E-state index < -0.39 is 11.6 Å². The van der Waals surface area contributed by atoms with Crippen LogP contribution in [0.2, 0.25) is 0 Å². The van der Waals surface area contributed by atoms with Gasteiger partial charge >= 0.3 is 6.18 Å². The van der Waals surface area contributed by atoms with Crippen LogP contribution in [-0.4, -0.2) is 23.5 Å². The summed E-state index contributed by atoms with van der Waals surface area (Å²) in [5.41, 5.74) is -2.43. The third-order valence-electron chi connectivity index (χ3n) is 2.63. The molecular weight excluding hydrogens is 251 g/mol. The summed E-state index contributed by atoms with van der Waals surface area (Å²) in [5, 5.41) is 9.24. The molecule has 102 valence electrons. The van der Waals surface area contributed by atoms with Crippen LogP contribution in [0.4, 0.5) is 19.0 Å². The Bertz CT molecular complexity index is 433. The number of rotatable bonds is 3. The Morgan fingerprint density at radius 2 is 1.89 bits per heavy atom. The molecule has 0 aliphatic carbocycles. The van der Waals surface area contributed by atoms with Crippen molar-refractivity contribution in [3.05, 3.63) is 17.8 Å². The second-order valence-electron chi connectivity index (χ2n) is 4.19. The van der Waals surface area contributed by atoms with E-state index in [-0.39, 0.29) is 22.4 Å². The van der Waals surface area contributed by atoms with Gasteiger partial charge in [-0.05, 0) is 26.0 Å². The standard InChI is InChI=1S/C10H14F3N3O2/c1-9(2,10(11,12)13)7-5-4-6(18-3)8(15-7)16(14)17/h4-5,17H,14H2,1-3H3. The number of alkyl halides is 3. The molecule has 0 amide bonds. The zero-order valence-electron chi connectivity index (χ0n) is 10.1. The second-order valence-corrected chi connectivity index (χ2v) is 4.19. The van der Waals surface area contributed by atoms with Crippen molar-refractivity contribution in [3.8, 4) is 5.75 Å². The first kappa shape index (κ1) is 14.5. The Balaban J connectivity index is 3.33. The number of nitrogens with zero attached hydrogens (tertiary/aromatic N) is 2. The minimum Gasteiger partial charge on any atom is -0.493 e. The Morgan fingerprint density at radius 1 is 1.33 bits per heavy atom. The van der Waals surface area contributed by atoms with E-state index in [1.165, 1.54) is 19.2 Å². The largest absolute Gasteiger partial charge is 0.493 e. The van der Waals surface area contributed by atoms with Crippen LogP contribution in [-0.2, 0) is 5.41 Å². The van der Waals surface area contributed by atoms with Crippen LogP contribution in [0.1, 0.15) is 19.5 Å². The van der Waals surface area contributed by atoms with Crippen LogP contribution in [0.25, 0.3) is 0 Å². The molecule has 18 heavy (non-hydrogen) atoms. The van der Waals surface area contributed by atoms with Crippen LogP contribution in [0, 0.1) is 0 Å². The van der Waals surface area contributed by atoms with Crippen LogP contribution in [0.3, 0.4) is 0 Å². The topological polar surface area (TPSA) is 71.6 Å². The molecule has 0 saturated carbocycles. The molecule has 0 unspecified atom stereocenters. The molecule has 0 aliphatic heterocycles. The van der Waals surface area contributed by atoms with E-state index in [1.54, 1.807) is 0 Å². The van der Waals surface area contributed by atoms with Crippen molar-refractivity contribution in [3.63, 3.8) is 0 Å². The number of hydrazine groups is 1. The molecule has 1 rings (SSSR count). The third-order valence-corrected chi connectivity index (χ3v) is 2.63. The number of methoxy groups -OCH3 is 1. The summed E-state index contributed by atoms with van der Waals surface area (Å²) in [6.07, 6.45) is -4.47. The highest BCUT2D eigenvalue weighted by Gasteiger charge is 2.49. The summed E-state index contributed by atoms with van der Waals surface area (Å²) in [4.78, 5) is 3.69. The minimum absolute atomic E-state index is 0.0710. The molecule has 1 aromatic heterocycles. The third kappa shape index (κ3) is 2.49. The number of halogens is 3. The van der Waals surface area contributed by atoms with Gasteiger partial charge in [0.1, 0.15) is 5.41 Å². The summed E-state index contributed by atoms with van der Waals surface area (Å²) in [6.45, 7) is 1.98. The lowest BCUT2D eigenvalue weighted by Gasteiger charge is -2.28. The van der Waals surface area contributed by atoms with Crippen LogP contribution >= 0.6 is 0 Å². The van der Waals surface area contributed by atoms with Crippen molar-refractivity contribution in [2.45, 2.75) is 25.4 Å². The molecule has 0 radical (unpaired) electrons.